The van der Waals surface area contributed by atoms with E-state index in [1.54, 1.807) is 20.4 Å². The van der Waals surface area contributed by atoms with E-state index >= 15 is 0 Å². The van der Waals surface area contributed by atoms with Crippen molar-refractivity contribution in [3.8, 4) is 23.0 Å². The van der Waals surface area contributed by atoms with Crippen molar-refractivity contribution in [3.63, 3.8) is 0 Å². The molecule has 8 heteroatoms. The molecule has 0 saturated heterocycles. The van der Waals surface area contributed by atoms with Gasteiger partial charge in [0.05, 0.1) is 25.5 Å². The molecule has 0 atom stereocenters. The van der Waals surface area contributed by atoms with Crippen LogP contribution < -0.4 is 14.8 Å². The van der Waals surface area contributed by atoms with Crippen molar-refractivity contribution in [1.29, 1.82) is 0 Å². The maximum Gasteiger partial charge on any atom is 0.261 e. The Morgan fingerprint density at radius 1 is 1.07 bits per heavy atom. The molecule has 0 fully saturated rings. The lowest BCUT2D eigenvalue weighted by atomic mass is 10.1. The number of nitrogens with zero attached hydrogens (tertiary/aromatic N) is 4. The highest BCUT2D eigenvalue weighted by Crippen LogP contribution is 2.34. The summed E-state index contributed by atoms with van der Waals surface area (Å²) in [4.78, 5) is 13.5. The SMILES string of the molecule is CCc1noc(-c2cnc3nc(C)ccc3c2NCc2ccc(OC)cc2OC)n1. The fourth-order valence-electron chi connectivity index (χ4n) is 3.21. The monoisotopic (exact) mass is 405 g/mol. The molecule has 3 heterocycles. The molecule has 0 radical (unpaired) electrons. The predicted octanol–water partition coefficient (Wildman–Crippen LogP) is 4.18. The van der Waals surface area contributed by atoms with Crippen LogP contribution in [0, 0.1) is 6.92 Å². The number of rotatable bonds is 7. The van der Waals surface area contributed by atoms with Crippen LogP contribution in [0.4, 0.5) is 5.69 Å². The molecule has 0 aliphatic heterocycles. The van der Waals surface area contributed by atoms with Crippen LogP contribution >= 0.6 is 0 Å². The van der Waals surface area contributed by atoms with Crippen LogP contribution in [0.5, 0.6) is 11.5 Å². The van der Waals surface area contributed by atoms with E-state index in [-0.39, 0.29) is 0 Å². The Hall–Kier alpha value is -3.68. The maximum atomic E-state index is 5.53. The molecule has 0 amide bonds. The van der Waals surface area contributed by atoms with Crippen molar-refractivity contribution in [2.75, 3.05) is 19.5 Å². The highest BCUT2D eigenvalue weighted by atomic mass is 16.5. The summed E-state index contributed by atoms with van der Waals surface area (Å²) in [6.07, 6.45) is 2.41. The first-order chi connectivity index (χ1) is 14.6. The summed E-state index contributed by atoms with van der Waals surface area (Å²) >= 11 is 0. The Kier molecular flexibility index (Phi) is 5.47. The molecule has 0 spiro atoms. The number of methoxy groups -OCH3 is 2. The first kappa shape index (κ1) is 19.6. The molecule has 4 rings (SSSR count). The molecule has 0 aliphatic carbocycles. The van der Waals surface area contributed by atoms with Crippen molar-refractivity contribution in [1.82, 2.24) is 20.1 Å². The quantitative estimate of drug-likeness (QED) is 0.489. The minimum Gasteiger partial charge on any atom is -0.497 e. The van der Waals surface area contributed by atoms with E-state index in [1.807, 2.05) is 44.2 Å². The van der Waals surface area contributed by atoms with Crippen molar-refractivity contribution in [2.24, 2.45) is 0 Å². The van der Waals surface area contributed by atoms with Gasteiger partial charge in [-0.25, -0.2) is 9.97 Å². The molecule has 30 heavy (non-hydrogen) atoms. The molecule has 4 aromatic rings. The zero-order valence-corrected chi connectivity index (χ0v) is 17.4. The Labute approximate surface area is 174 Å². The summed E-state index contributed by atoms with van der Waals surface area (Å²) in [5.41, 5.74) is 4.09. The van der Waals surface area contributed by atoms with E-state index in [0.29, 0.717) is 30.3 Å². The van der Waals surface area contributed by atoms with E-state index < -0.39 is 0 Å². The number of anilines is 1. The average Bonchev–Trinajstić information content (AvgIpc) is 3.26. The molecule has 3 aromatic heterocycles. The van der Waals surface area contributed by atoms with E-state index in [1.165, 1.54) is 0 Å². The van der Waals surface area contributed by atoms with Crippen LogP contribution in [0.25, 0.3) is 22.5 Å². The largest absolute Gasteiger partial charge is 0.497 e. The zero-order chi connectivity index (χ0) is 21.1. The number of hydrogen-bond donors (Lipinski definition) is 1. The van der Waals surface area contributed by atoms with Crippen LogP contribution in [0.1, 0.15) is 24.0 Å². The van der Waals surface area contributed by atoms with Gasteiger partial charge in [0.15, 0.2) is 11.5 Å². The van der Waals surface area contributed by atoms with Crippen molar-refractivity contribution >= 4 is 16.7 Å². The fourth-order valence-corrected chi connectivity index (χ4v) is 3.21. The summed E-state index contributed by atoms with van der Waals surface area (Å²) in [6, 6.07) is 9.69. The van der Waals surface area contributed by atoms with E-state index in [0.717, 1.165) is 39.4 Å². The van der Waals surface area contributed by atoms with Crippen molar-refractivity contribution in [2.45, 2.75) is 26.8 Å². The van der Waals surface area contributed by atoms with Crippen LogP contribution in [-0.4, -0.2) is 34.3 Å². The van der Waals surface area contributed by atoms with E-state index in [4.69, 9.17) is 14.0 Å². The number of ether oxygens (including phenoxy) is 2. The van der Waals surface area contributed by atoms with Crippen LogP contribution in [0.3, 0.4) is 0 Å². The lowest BCUT2D eigenvalue weighted by Crippen LogP contribution is -2.05. The van der Waals surface area contributed by atoms with Crippen LogP contribution in [0.2, 0.25) is 0 Å². The molecule has 1 N–H and O–H groups in total. The Morgan fingerprint density at radius 3 is 2.67 bits per heavy atom. The number of aryl methyl sites for hydroxylation is 2. The number of benzene rings is 1. The Morgan fingerprint density at radius 2 is 1.93 bits per heavy atom. The van der Waals surface area contributed by atoms with Gasteiger partial charge < -0.3 is 19.3 Å². The van der Waals surface area contributed by atoms with Crippen molar-refractivity contribution in [3.05, 3.63) is 53.6 Å². The second-order valence-electron chi connectivity index (χ2n) is 6.77. The topological polar surface area (TPSA) is 95.2 Å². The smallest absolute Gasteiger partial charge is 0.261 e. The van der Waals surface area contributed by atoms with Gasteiger partial charge in [-0.2, -0.15) is 4.98 Å². The third kappa shape index (κ3) is 3.76. The minimum absolute atomic E-state index is 0.422. The number of hydrogen-bond acceptors (Lipinski definition) is 8. The predicted molar refractivity (Wildman–Crippen MR) is 114 cm³/mol. The second kappa shape index (κ2) is 8.36. The number of pyridine rings is 2. The molecule has 8 nitrogen and oxygen atoms in total. The number of fused-ring (bicyclic) bond motifs is 1. The van der Waals surface area contributed by atoms with Crippen LogP contribution in [-0.2, 0) is 13.0 Å². The van der Waals surface area contributed by atoms with Gasteiger partial charge in [0, 0.05) is 41.9 Å². The van der Waals surface area contributed by atoms with Gasteiger partial charge in [0.1, 0.15) is 11.5 Å². The van der Waals surface area contributed by atoms with Gasteiger partial charge in [-0.3, -0.25) is 0 Å². The second-order valence-corrected chi connectivity index (χ2v) is 6.77. The third-order valence-corrected chi connectivity index (χ3v) is 4.83. The molecule has 0 bridgehead atoms. The van der Waals surface area contributed by atoms with Gasteiger partial charge in [0.25, 0.3) is 5.89 Å². The summed E-state index contributed by atoms with van der Waals surface area (Å²) in [5.74, 6) is 2.55. The van der Waals surface area contributed by atoms with Crippen LogP contribution in [0.15, 0.2) is 41.1 Å². The number of nitrogens with one attached hydrogen (secondary N) is 1. The normalized spacial score (nSPS) is 10.9. The van der Waals surface area contributed by atoms with Crippen molar-refractivity contribution < 1.29 is 14.0 Å². The molecule has 0 saturated carbocycles. The third-order valence-electron chi connectivity index (χ3n) is 4.83. The van der Waals surface area contributed by atoms with Gasteiger partial charge in [-0.15, -0.1) is 0 Å². The number of aromatic nitrogens is 4. The Bertz CT molecular complexity index is 1190. The lowest BCUT2D eigenvalue weighted by Gasteiger charge is -2.15. The molecule has 0 unspecified atom stereocenters. The Balaban J connectivity index is 1.77. The molecular weight excluding hydrogens is 382 g/mol. The highest BCUT2D eigenvalue weighted by Gasteiger charge is 2.17. The van der Waals surface area contributed by atoms with Gasteiger partial charge in [-0.1, -0.05) is 12.1 Å². The summed E-state index contributed by atoms with van der Waals surface area (Å²) in [6.45, 7) is 4.44. The van der Waals surface area contributed by atoms with Gasteiger partial charge in [0.2, 0.25) is 0 Å². The fraction of sp³-hybridized carbons (Fsp3) is 0.273. The minimum atomic E-state index is 0.422. The average molecular weight is 405 g/mol. The molecule has 154 valence electrons. The maximum absolute atomic E-state index is 5.53. The van der Waals surface area contributed by atoms with Gasteiger partial charge in [-0.05, 0) is 31.2 Å². The van der Waals surface area contributed by atoms with Gasteiger partial charge >= 0.3 is 0 Å². The first-order valence-electron chi connectivity index (χ1n) is 9.67. The molecular formula is C22H23N5O3. The summed E-state index contributed by atoms with van der Waals surface area (Å²) in [5, 5.41) is 8.40. The standard InChI is InChI=1S/C22H23N5O3/c1-5-19-26-22(30-27-19)17-12-24-21-16(9-6-13(2)25-21)20(17)23-11-14-7-8-15(28-3)10-18(14)29-4/h6-10,12H,5,11H2,1-4H3,(H,23,24,25). The van der Waals surface area contributed by atoms with E-state index in [2.05, 4.69) is 25.4 Å². The zero-order valence-electron chi connectivity index (χ0n) is 17.4. The molecule has 1 aromatic carbocycles. The summed E-state index contributed by atoms with van der Waals surface area (Å²) in [7, 11) is 3.27. The molecule has 0 aliphatic rings. The summed E-state index contributed by atoms with van der Waals surface area (Å²) < 4.78 is 16.3. The highest BCUT2D eigenvalue weighted by molar-refractivity contribution is 5.96. The lowest BCUT2D eigenvalue weighted by molar-refractivity contribution is 0.391. The van der Waals surface area contributed by atoms with E-state index in [9.17, 15) is 0 Å². The first-order valence-corrected chi connectivity index (χ1v) is 9.67.